The largest absolute Gasteiger partial charge is 0.324 e. The van der Waals surface area contributed by atoms with Gasteiger partial charge in [0.25, 0.3) is 17.4 Å². The Labute approximate surface area is 135 Å². The van der Waals surface area contributed by atoms with E-state index in [0.29, 0.717) is 11.3 Å². The summed E-state index contributed by atoms with van der Waals surface area (Å²) in [4.78, 5) is 47.6. The van der Waals surface area contributed by atoms with Crippen LogP contribution in [0, 0.1) is 0 Å². The first-order chi connectivity index (χ1) is 11.5. The quantitative estimate of drug-likeness (QED) is 0.697. The molecular formula is C15H13N5O4. The monoisotopic (exact) mass is 327 g/mol. The maximum atomic E-state index is 12.1. The van der Waals surface area contributed by atoms with E-state index in [9.17, 15) is 19.2 Å². The fourth-order valence-electron chi connectivity index (χ4n) is 2.26. The van der Waals surface area contributed by atoms with E-state index in [1.54, 1.807) is 24.3 Å². The second-order valence-electron chi connectivity index (χ2n) is 5.17. The number of urea groups is 1. The number of likely N-dealkylation sites (N-methyl/N-ethyl adjacent to an activating group) is 1. The number of hydrogen-bond acceptors (Lipinski definition) is 5. The van der Waals surface area contributed by atoms with Gasteiger partial charge in [-0.25, -0.2) is 9.89 Å². The number of carbonyl (C=O) groups is 3. The van der Waals surface area contributed by atoms with Gasteiger partial charge >= 0.3 is 6.03 Å². The van der Waals surface area contributed by atoms with Crippen molar-refractivity contribution in [2.45, 2.75) is 6.04 Å². The standard InChI is InChI=1S/C15H13N5O4/c1-20-14(23)12(17-15(20)24)8-3-2-4-9(7-8)16-13(22)10-5-6-11(21)19-18-10/h2-7,12H,1H3,(H,16,22)(H,17,24)(H,19,21). The number of aromatic amines is 1. The molecule has 1 atom stereocenters. The van der Waals surface area contributed by atoms with Crippen molar-refractivity contribution in [3.63, 3.8) is 0 Å². The topological polar surface area (TPSA) is 124 Å². The molecule has 2 heterocycles. The first kappa shape index (κ1) is 15.4. The number of H-pyrrole nitrogens is 1. The van der Waals surface area contributed by atoms with E-state index in [1.165, 1.54) is 19.2 Å². The van der Waals surface area contributed by atoms with Gasteiger partial charge in [0.1, 0.15) is 11.7 Å². The Morgan fingerprint density at radius 3 is 2.62 bits per heavy atom. The number of rotatable bonds is 3. The normalized spacial score (nSPS) is 16.9. The number of benzene rings is 1. The lowest BCUT2D eigenvalue weighted by Gasteiger charge is -2.11. The summed E-state index contributed by atoms with van der Waals surface area (Å²) in [6.45, 7) is 0. The summed E-state index contributed by atoms with van der Waals surface area (Å²) in [5, 5.41) is 11.0. The minimum absolute atomic E-state index is 0.0463. The maximum absolute atomic E-state index is 12.1. The summed E-state index contributed by atoms with van der Waals surface area (Å²) in [6, 6.07) is 7.79. The van der Waals surface area contributed by atoms with Crippen molar-refractivity contribution in [1.29, 1.82) is 0 Å². The molecule has 4 amide bonds. The van der Waals surface area contributed by atoms with E-state index in [-0.39, 0.29) is 11.6 Å². The molecular weight excluding hydrogens is 314 g/mol. The molecule has 0 bridgehead atoms. The average molecular weight is 327 g/mol. The second-order valence-corrected chi connectivity index (χ2v) is 5.17. The first-order valence-electron chi connectivity index (χ1n) is 7.01. The lowest BCUT2D eigenvalue weighted by Crippen LogP contribution is -2.25. The molecule has 1 aliphatic rings. The summed E-state index contributed by atoms with van der Waals surface area (Å²) >= 11 is 0. The van der Waals surface area contributed by atoms with Gasteiger partial charge in [-0.2, -0.15) is 5.10 Å². The van der Waals surface area contributed by atoms with Crippen LogP contribution in [0.1, 0.15) is 22.1 Å². The number of aromatic nitrogens is 2. The van der Waals surface area contributed by atoms with Crippen molar-refractivity contribution in [2.24, 2.45) is 0 Å². The third kappa shape index (κ3) is 2.86. The van der Waals surface area contributed by atoms with Crippen LogP contribution in [-0.4, -0.2) is 40.0 Å². The van der Waals surface area contributed by atoms with Crippen LogP contribution in [0.25, 0.3) is 0 Å². The van der Waals surface area contributed by atoms with Crippen LogP contribution in [-0.2, 0) is 4.79 Å². The Morgan fingerprint density at radius 2 is 2.00 bits per heavy atom. The molecule has 1 fully saturated rings. The summed E-state index contributed by atoms with van der Waals surface area (Å²) < 4.78 is 0. The molecule has 0 spiro atoms. The van der Waals surface area contributed by atoms with Gasteiger partial charge < -0.3 is 10.6 Å². The summed E-state index contributed by atoms with van der Waals surface area (Å²) in [7, 11) is 1.39. The Hall–Kier alpha value is -3.49. The Morgan fingerprint density at radius 1 is 1.21 bits per heavy atom. The number of amides is 4. The third-order valence-electron chi connectivity index (χ3n) is 3.54. The molecule has 1 unspecified atom stereocenters. The van der Waals surface area contributed by atoms with Crippen molar-refractivity contribution < 1.29 is 14.4 Å². The molecule has 9 heteroatoms. The lowest BCUT2D eigenvalue weighted by molar-refractivity contribution is -0.126. The average Bonchev–Trinajstić information content (AvgIpc) is 2.83. The highest BCUT2D eigenvalue weighted by molar-refractivity contribution is 6.05. The minimum Gasteiger partial charge on any atom is -0.322 e. The Balaban J connectivity index is 1.80. The molecule has 24 heavy (non-hydrogen) atoms. The fraction of sp³-hybridized carbons (Fsp3) is 0.133. The van der Waals surface area contributed by atoms with Crippen molar-refractivity contribution in [3.05, 3.63) is 58.0 Å². The highest BCUT2D eigenvalue weighted by Gasteiger charge is 2.36. The predicted octanol–water partition coefficient (Wildman–Crippen LogP) is 0.245. The van der Waals surface area contributed by atoms with Gasteiger partial charge in [-0.15, -0.1) is 0 Å². The van der Waals surface area contributed by atoms with Gasteiger partial charge in [0, 0.05) is 18.8 Å². The summed E-state index contributed by atoms with van der Waals surface area (Å²) in [5.74, 6) is -0.881. The van der Waals surface area contributed by atoms with Crippen LogP contribution in [0.4, 0.5) is 10.5 Å². The maximum Gasteiger partial charge on any atom is 0.324 e. The van der Waals surface area contributed by atoms with Gasteiger partial charge in [-0.05, 0) is 23.8 Å². The molecule has 1 aliphatic heterocycles. The highest BCUT2D eigenvalue weighted by Crippen LogP contribution is 2.23. The second kappa shape index (κ2) is 5.95. The zero-order chi connectivity index (χ0) is 17.3. The van der Waals surface area contributed by atoms with E-state index in [2.05, 4.69) is 20.8 Å². The van der Waals surface area contributed by atoms with Crippen LogP contribution in [0.5, 0.6) is 0 Å². The molecule has 3 N–H and O–H groups in total. The van der Waals surface area contributed by atoms with Crippen molar-refractivity contribution in [1.82, 2.24) is 20.4 Å². The number of anilines is 1. The molecule has 0 radical (unpaired) electrons. The first-order valence-corrected chi connectivity index (χ1v) is 7.01. The van der Waals surface area contributed by atoms with Gasteiger partial charge in [0.2, 0.25) is 0 Å². The van der Waals surface area contributed by atoms with Crippen molar-refractivity contribution in [3.8, 4) is 0 Å². The fourth-order valence-corrected chi connectivity index (χ4v) is 2.26. The van der Waals surface area contributed by atoms with Crippen LogP contribution >= 0.6 is 0 Å². The summed E-state index contributed by atoms with van der Waals surface area (Å²) in [6.07, 6.45) is 0. The predicted molar refractivity (Wildman–Crippen MR) is 83.3 cm³/mol. The van der Waals surface area contributed by atoms with Crippen LogP contribution in [0.15, 0.2) is 41.2 Å². The van der Waals surface area contributed by atoms with Crippen LogP contribution in [0.2, 0.25) is 0 Å². The highest BCUT2D eigenvalue weighted by atomic mass is 16.2. The minimum atomic E-state index is -0.787. The van der Waals surface area contributed by atoms with Crippen LogP contribution in [0.3, 0.4) is 0 Å². The number of hydrogen-bond donors (Lipinski definition) is 3. The molecule has 3 rings (SSSR count). The zero-order valence-corrected chi connectivity index (χ0v) is 12.6. The lowest BCUT2D eigenvalue weighted by atomic mass is 10.1. The van der Waals surface area contributed by atoms with E-state index >= 15 is 0 Å². The molecule has 1 saturated heterocycles. The third-order valence-corrected chi connectivity index (χ3v) is 3.54. The van der Waals surface area contributed by atoms with Crippen molar-refractivity contribution >= 4 is 23.5 Å². The summed E-state index contributed by atoms with van der Waals surface area (Å²) in [5.41, 5.74) is 0.616. The smallest absolute Gasteiger partial charge is 0.322 e. The molecule has 1 aromatic carbocycles. The van der Waals surface area contributed by atoms with Gasteiger partial charge in [0.05, 0.1) is 0 Å². The number of nitrogens with one attached hydrogen (secondary N) is 3. The van der Waals surface area contributed by atoms with Gasteiger partial charge in [-0.3, -0.25) is 19.3 Å². The molecule has 2 aromatic rings. The molecule has 0 aliphatic carbocycles. The van der Waals surface area contributed by atoms with E-state index in [4.69, 9.17) is 0 Å². The Kier molecular flexibility index (Phi) is 3.82. The van der Waals surface area contributed by atoms with Crippen LogP contribution < -0.4 is 16.2 Å². The molecule has 1 aromatic heterocycles. The number of imide groups is 1. The van der Waals surface area contributed by atoms with Gasteiger partial charge in [-0.1, -0.05) is 12.1 Å². The van der Waals surface area contributed by atoms with E-state index in [0.717, 1.165) is 4.90 Å². The SMILES string of the molecule is CN1C(=O)NC(c2cccc(NC(=O)c3ccc(=O)[nH]n3)c2)C1=O. The zero-order valence-electron chi connectivity index (χ0n) is 12.6. The molecule has 0 saturated carbocycles. The Bertz CT molecular complexity index is 871. The van der Waals surface area contributed by atoms with E-state index in [1.807, 2.05) is 0 Å². The van der Waals surface area contributed by atoms with E-state index < -0.39 is 23.5 Å². The molecule has 9 nitrogen and oxygen atoms in total. The van der Waals surface area contributed by atoms with Crippen molar-refractivity contribution in [2.75, 3.05) is 12.4 Å². The number of carbonyl (C=O) groups excluding carboxylic acids is 3. The molecule has 122 valence electrons. The number of nitrogens with zero attached hydrogens (tertiary/aromatic N) is 2. The van der Waals surface area contributed by atoms with Gasteiger partial charge in [0.15, 0.2) is 0 Å².